The Bertz CT molecular complexity index is 484. The van der Waals surface area contributed by atoms with Gasteiger partial charge in [0, 0.05) is 35.4 Å². The van der Waals surface area contributed by atoms with E-state index in [9.17, 15) is 4.79 Å². The fourth-order valence-corrected chi connectivity index (χ4v) is 2.28. The molecule has 0 radical (unpaired) electrons. The number of nitrogens with zero attached hydrogens (tertiary/aromatic N) is 1. The summed E-state index contributed by atoms with van der Waals surface area (Å²) < 4.78 is 0. The van der Waals surface area contributed by atoms with E-state index in [2.05, 4.69) is 15.3 Å². The van der Waals surface area contributed by atoms with E-state index < -0.39 is 0 Å². The van der Waals surface area contributed by atoms with Crippen molar-refractivity contribution in [2.75, 3.05) is 12.3 Å². The van der Waals surface area contributed by atoms with Gasteiger partial charge in [0.05, 0.1) is 11.2 Å². The van der Waals surface area contributed by atoms with E-state index in [1.54, 1.807) is 18.6 Å². The van der Waals surface area contributed by atoms with Gasteiger partial charge >= 0.3 is 0 Å². The molecule has 17 heavy (non-hydrogen) atoms. The van der Waals surface area contributed by atoms with Crippen LogP contribution in [0.2, 0.25) is 0 Å². The number of thiophene rings is 1. The quantitative estimate of drug-likeness (QED) is 0.765. The normalized spacial score (nSPS) is 10.4. The lowest BCUT2D eigenvalue weighted by Crippen LogP contribution is -2.24. The molecule has 0 bridgehead atoms. The third-order valence-corrected chi connectivity index (χ3v) is 3.48. The zero-order valence-corrected chi connectivity index (χ0v) is 10.3. The Morgan fingerprint density at radius 1 is 1.65 bits per heavy atom. The number of carbonyl (C=O) groups excluding carboxylic acids is 1. The standard InChI is InChI=1S/C11H14N4OS/c1-7-9(12)4-10(17-7)11(16)14-3-2-8-5-13-6-15-8/h4-6H,2-3,12H2,1H3,(H,13,15)(H,14,16). The smallest absolute Gasteiger partial charge is 0.261 e. The molecule has 0 aliphatic carbocycles. The van der Waals surface area contributed by atoms with E-state index in [1.165, 1.54) is 11.3 Å². The molecule has 0 saturated heterocycles. The van der Waals surface area contributed by atoms with Crippen LogP contribution in [0.25, 0.3) is 0 Å². The maximum Gasteiger partial charge on any atom is 0.261 e. The molecular formula is C11H14N4OS. The fraction of sp³-hybridized carbons (Fsp3) is 0.273. The Kier molecular flexibility index (Phi) is 3.43. The molecule has 0 atom stereocenters. The highest BCUT2D eigenvalue weighted by Crippen LogP contribution is 2.22. The minimum atomic E-state index is -0.0747. The van der Waals surface area contributed by atoms with E-state index in [0.717, 1.165) is 17.0 Å². The monoisotopic (exact) mass is 250 g/mol. The number of hydrogen-bond acceptors (Lipinski definition) is 4. The van der Waals surface area contributed by atoms with Crippen LogP contribution in [0.1, 0.15) is 20.2 Å². The number of imidazole rings is 1. The highest BCUT2D eigenvalue weighted by atomic mass is 32.1. The van der Waals surface area contributed by atoms with Gasteiger partial charge in [-0.3, -0.25) is 4.79 Å². The second kappa shape index (κ2) is 5.01. The number of amides is 1. The first-order valence-electron chi connectivity index (χ1n) is 5.28. The zero-order chi connectivity index (χ0) is 12.3. The van der Waals surface area contributed by atoms with Gasteiger partial charge in [-0.15, -0.1) is 11.3 Å². The first-order chi connectivity index (χ1) is 8.16. The minimum absolute atomic E-state index is 0.0747. The Hall–Kier alpha value is -1.82. The van der Waals surface area contributed by atoms with Gasteiger partial charge in [0.25, 0.3) is 5.91 Å². The molecule has 2 aromatic heterocycles. The van der Waals surface area contributed by atoms with Crippen molar-refractivity contribution in [3.63, 3.8) is 0 Å². The predicted octanol–water partition coefficient (Wildman–Crippen LogP) is 1.33. The number of H-pyrrole nitrogens is 1. The maximum atomic E-state index is 11.8. The molecule has 0 aromatic carbocycles. The van der Waals surface area contributed by atoms with Crippen molar-refractivity contribution in [2.45, 2.75) is 13.3 Å². The van der Waals surface area contributed by atoms with Crippen LogP contribution in [0, 0.1) is 6.92 Å². The van der Waals surface area contributed by atoms with Crippen LogP contribution in [-0.2, 0) is 6.42 Å². The second-order valence-corrected chi connectivity index (χ2v) is 4.96. The molecule has 5 nitrogen and oxygen atoms in total. The summed E-state index contributed by atoms with van der Waals surface area (Å²) in [4.78, 5) is 20.3. The first kappa shape index (κ1) is 11.7. The largest absolute Gasteiger partial charge is 0.398 e. The van der Waals surface area contributed by atoms with Gasteiger partial charge in [0.1, 0.15) is 0 Å². The molecule has 90 valence electrons. The van der Waals surface area contributed by atoms with Crippen molar-refractivity contribution in [3.05, 3.63) is 34.0 Å². The average Bonchev–Trinajstić information content (AvgIpc) is 2.90. The fourth-order valence-electron chi connectivity index (χ4n) is 1.43. The number of nitrogens with one attached hydrogen (secondary N) is 2. The third-order valence-electron chi connectivity index (χ3n) is 2.41. The van der Waals surface area contributed by atoms with Crippen LogP contribution in [-0.4, -0.2) is 22.4 Å². The van der Waals surface area contributed by atoms with Crippen LogP contribution >= 0.6 is 11.3 Å². The average molecular weight is 250 g/mol. The highest BCUT2D eigenvalue weighted by molar-refractivity contribution is 7.14. The summed E-state index contributed by atoms with van der Waals surface area (Å²) in [5, 5.41) is 2.85. The van der Waals surface area contributed by atoms with Crippen LogP contribution in [0.3, 0.4) is 0 Å². The summed E-state index contributed by atoms with van der Waals surface area (Å²) >= 11 is 1.41. The Morgan fingerprint density at radius 2 is 2.47 bits per heavy atom. The van der Waals surface area contributed by atoms with E-state index in [0.29, 0.717) is 17.1 Å². The van der Waals surface area contributed by atoms with Gasteiger partial charge in [0.2, 0.25) is 0 Å². The van der Waals surface area contributed by atoms with Crippen LogP contribution in [0.5, 0.6) is 0 Å². The zero-order valence-electron chi connectivity index (χ0n) is 9.49. The van der Waals surface area contributed by atoms with E-state index in [4.69, 9.17) is 5.73 Å². The summed E-state index contributed by atoms with van der Waals surface area (Å²) in [5.74, 6) is -0.0747. The summed E-state index contributed by atoms with van der Waals surface area (Å²) in [6, 6.07) is 1.71. The lowest BCUT2D eigenvalue weighted by molar-refractivity contribution is 0.0958. The lowest BCUT2D eigenvalue weighted by atomic mass is 10.3. The molecule has 0 unspecified atom stereocenters. The Balaban J connectivity index is 1.85. The molecule has 2 aromatic rings. The number of nitrogen functional groups attached to an aromatic ring is 1. The summed E-state index contributed by atoms with van der Waals surface area (Å²) in [6.45, 7) is 2.49. The van der Waals surface area contributed by atoms with Crippen molar-refractivity contribution < 1.29 is 4.79 Å². The van der Waals surface area contributed by atoms with Gasteiger partial charge in [-0.05, 0) is 13.0 Å². The topological polar surface area (TPSA) is 83.8 Å². The number of hydrogen-bond donors (Lipinski definition) is 3. The van der Waals surface area contributed by atoms with Gasteiger partial charge < -0.3 is 16.0 Å². The van der Waals surface area contributed by atoms with Gasteiger partial charge in [-0.25, -0.2) is 4.98 Å². The minimum Gasteiger partial charge on any atom is -0.398 e. The number of rotatable bonds is 4. The van der Waals surface area contributed by atoms with E-state index >= 15 is 0 Å². The molecule has 0 fully saturated rings. The first-order valence-corrected chi connectivity index (χ1v) is 6.10. The van der Waals surface area contributed by atoms with Crippen LogP contribution < -0.4 is 11.1 Å². The molecule has 0 aliphatic heterocycles. The van der Waals surface area contributed by atoms with E-state index in [-0.39, 0.29) is 5.91 Å². The Labute approximate surface area is 103 Å². The number of aryl methyl sites for hydroxylation is 1. The number of nitrogens with two attached hydrogens (primary N) is 1. The Morgan fingerprint density at radius 3 is 3.06 bits per heavy atom. The molecule has 1 amide bonds. The number of anilines is 1. The van der Waals surface area contributed by atoms with Crippen molar-refractivity contribution >= 4 is 22.9 Å². The highest BCUT2D eigenvalue weighted by Gasteiger charge is 2.10. The molecule has 0 aliphatic rings. The molecule has 0 saturated carbocycles. The number of aromatic amines is 1. The SMILES string of the molecule is Cc1sc(C(=O)NCCc2cnc[nH]2)cc1N. The summed E-state index contributed by atoms with van der Waals surface area (Å²) in [6.07, 6.45) is 4.12. The van der Waals surface area contributed by atoms with Crippen molar-refractivity contribution in [2.24, 2.45) is 0 Å². The van der Waals surface area contributed by atoms with Crippen molar-refractivity contribution in [3.8, 4) is 0 Å². The van der Waals surface area contributed by atoms with Crippen molar-refractivity contribution in [1.82, 2.24) is 15.3 Å². The second-order valence-electron chi connectivity index (χ2n) is 3.70. The van der Waals surface area contributed by atoms with Gasteiger partial charge in [-0.2, -0.15) is 0 Å². The number of carbonyl (C=O) groups is 1. The molecule has 4 N–H and O–H groups in total. The predicted molar refractivity (Wildman–Crippen MR) is 68.1 cm³/mol. The van der Waals surface area contributed by atoms with Crippen molar-refractivity contribution in [1.29, 1.82) is 0 Å². The molecule has 2 heterocycles. The molecule has 0 spiro atoms. The summed E-state index contributed by atoms with van der Waals surface area (Å²) in [5.41, 5.74) is 7.38. The summed E-state index contributed by atoms with van der Waals surface area (Å²) in [7, 11) is 0. The van der Waals surface area contributed by atoms with Crippen LogP contribution in [0.15, 0.2) is 18.6 Å². The molecule has 2 rings (SSSR count). The van der Waals surface area contributed by atoms with Gasteiger partial charge in [0.15, 0.2) is 0 Å². The lowest BCUT2D eigenvalue weighted by Gasteiger charge is -2.01. The van der Waals surface area contributed by atoms with E-state index in [1.807, 2.05) is 6.92 Å². The molecule has 6 heteroatoms. The number of aromatic nitrogens is 2. The maximum absolute atomic E-state index is 11.8. The van der Waals surface area contributed by atoms with Gasteiger partial charge in [-0.1, -0.05) is 0 Å². The third kappa shape index (κ3) is 2.85. The van der Waals surface area contributed by atoms with Crippen LogP contribution in [0.4, 0.5) is 5.69 Å². The molecular weight excluding hydrogens is 236 g/mol.